The Labute approximate surface area is 114 Å². The molecule has 18 heavy (non-hydrogen) atoms. The van der Waals surface area contributed by atoms with E-state index in [2.05, 4.69) is 21.0 Å². The van der Waals surface area contributed by atoms with Crippen molar-refractivity contribution in [1.29, 1.82) is 0 Å². The first-order valence-electron chi connectivity index (χ1n) is 5.64. The highest BCUT2D eigenvalue weighted by Gasteiger charge is 2.04. The number of hydrogen-bond donors (Lipinski definition) is 0. The van der Waals surface area contributed by atoms with Crippen molar-refractivity contribution < 1.29 is 9.13 Å². The third-order valence-corrected chi connectivity index (χ3v) is 3.20. The zero-order valence-corrected chi connectivity index (χ0v) is 11.7. The molecule has 0 radical (unpaired) electrons. The van der Waals surface area contributed by atoms with E-state index in [1.807, 2.05) is 19.3 Å². The highest BCUT2D eigenvalue weighted by Crippen LogP contribution is 2.19. The third-order valence-electron chi connectivity index (χ3n) is 2.56. The van der Waals surface area contributed by atoms with Crippen LogP contribution < -0.4 is 4.74 Å². The summed E-state index contributed by atoms with van der Waals surface area (Å²) in [6, 6.07) is 4.99. The van der Waals surface area contributed by atoms with Gasteiger partial charge in [0.15, 0.2) is 11.6 Å². The quantitative estimate of drug-likeness (QED) is 0.793. The van der Waals surface area contributed by atoms with Crippen LogP contribution >= 0.6 is 15.9 Å². The third kappa shape index (κ3) is 3.32. The van der Waals surface area contributed by atoms with Crippen molar-refractivity contribution in [2.24, 2.45) is 7.05 Å². The van der Waals surface area contributed by atoms with Gasteiger partial charge in [-0.3, -0.25) is 4.68 Å². The number of aryl methyl sites for hydroxylation is 1. The van der Waals surface area contributed by atoms with Gasteiger partial charge >= 0.3 is 0 Å². The average Bonchev–Trinajstić information content (AvgIpc) is 2.77. The van der Waals surface area contributed by atoms with E-state index in [9.17, 15) is 4.39 Å². The lowest BCUT2D eigenvalue weighted by atomic mass is 10.2. The Balaban J connectivity index is 1.90. The molecule has 0 aliphatic heterocycles. The normalized spacial score (nSPS) is 10.6. The van der Waals surface area contributed by atoms with Crippen LogP contribution in [0.5, 0.6) is 5.75 Å². The molecule has 1 heterocycles. The number of hydrogen-bond acceptors (Lipinski definition) is 2. The topological polar surface area (TPSA) is 27.1 Å². The molecule has 2 aromatic rings. The summed E-state index contributed by atoms with van der Waals surface area (Å²) < 4.78 is 20.8. The second-order valence-corrected chi connectivity index (χ2v) is 4.58. The van der Waals surface area contributed by atoms with Gasteiger partial charge in [0.1, 0.15) is 0 Å². The van der Waals surface area contributed by atoms with Gasteiger partial charge < -0.3 is 4.74 Å². The Morgan fingerprint density at radius 2 is 2.22 bits per heavy atom. The molecule has 2 rings (SSSR count). The molecular weight excluding hydrogens is 299 g/mol. The lowest BCUT2D eigenvalue weighted by molar-refractivity contribution is 0.305. The zero-order chi connectivity index (χ0) is 13.0. The minimum absolute atomic E-state index is 0.295. The van der Waals surface area contributed by atoms with Gasteiger partial charge in [0.05, 0.1) is 12.8 Å². The van der Waals surface area contributed by atoms with Crippen LogP contribution in [0.1, 0.15) is 11.1 Å². The van der Waals surface area contributed by atoms with Crippen LogP contribution in [0.2, 0.25) is 0 Å². The highest BCUT2D eigenvalue weighted by molar-refractivity contribution is 9.08. The molecule has 0 unspecified atom stereocenters. The average molecular weight is 313 g/mol. The van der Waals surface area contributed by atoms with Crippen molar-refractivity contribution in [3.05, 3.63) is 47.5 Å². The van der Waals surface area contributed by atoms with E-state index < -0.39 is 0 Å². The van der Waals surface area contributed by atoms with E-state index in [4.69, 9.17) is 4.74 Å². The molecule has 0 saturated carbocycles. The van der Waals surface area contributed by atoms with Crippen molar-refractivity contribution in [2.75, 3.05) is 6.61 Å². The van der Waals surface area contributed by atoms with Gasteiger partial charge in [-0.15, -0.1) is 0 Å². The van der Waals surface area contributed by atoms with Crippen molar-refractivity contribution in [3.63, 3.8) is 0 Å². The van der Waals surface area contributed by atoms with Gasteiger partial charge in [0, 0.05) is 25.0 Å². The van der Waals surface area contributed by atoms with Gasteiger partial charge in [-0.25, -0.2) is 4.39 Å². The molecule has 5 heteroatoms. The maximum Gasteiger partial charge on any atom is 0.165 e. The van der Waals surface area contributed by atoms with E-state index in [-0.39, 0.29) is 5.82 Å². The zero-order valence-electron chi connectivity index (χ0n) is 10.1. The lowest BCUT2D eigenvalue weighted by Gasteiger charge is -2.07. The monoisotopic (exact) mass is 312 g/mol. The second-order valence-electron chi connectivity index (χ2n) is 4.02. The van der Waals surface area contributed by atoms with E-state index in [1.54, 1.807) is 16.9 Å². The van der Waals surface area contributed by atoms with E-state index in [1.165, 1.54) is 6.07 Å². The minimum Gasteiger partial charge on any atom is -0.490 e. The summed E-state index contributed by atoms with van der Waals surface area (Å²) in [6.07, 6.45) is 4.43. The van der Waals surface area contributed by atoms with Crippen LogP contribution in [-0.4, -0.2) is 16.4 Å². The molecule has 0 aliphatic carbocycles. The molecule has 0 spiro atoms. The van der Waals surface area contributed by atoms with Crippen LogP contribution in [0.4, 0.5) is 4.39 Å². The molecule has 96 valence electrons. The van der Waals surface area contributed by atoms with Crippen LogP contribution in [0.3, 0.4) is 0 Å². The number of aromatic nitrogens is 2. The molecular formula is C13H14BrFN2O. The van der Waals surface area contributed by atoms with Gasteiger partial charge in [-0.2, -0.15) is 5.10 Å². The Hall–Kier alpha value is -1.36. The van der Waals surface area contributed by atoms with Gasteiger partial charge in [0.25, 0.3) is 0 Å². The minimum atomic E-state index is -0.321. The molecule has 1 aromatic carbocycles. The molecule has 0 N–H and O–H groups in total. The summed E-state index contributed by atoms with van der Waals surface area (Å²) >= 11 is 3.29. The largest absolute Gasteiger partial charge is 0.490 e. The van der Waals surface area contributed by atoms with Gasteiger partial charge in [0.2, 0.25) is 0 Å². The summed E-state index contributed by atoms with van der Waals surface area (Å²) in [6.45, 7) is 0.441. The number of nitrogens with zero attached hydrogens (tertiary/aromatic N) is 2. The van der Waals surface area contributed by atoms with Crippen LogP contribution in [0, 0.1) is 5.82 Å². The predicted octanol–water partition coefficient (Wildman–Crippen LogP) is 3.08. The fourth-order valence-electron chi connectivity index (χ4n) is 1.62. The van der Waals surface area contributed by atoms with Crippen LogP contribution in [0.25, 0.3) is 0 Å². The van der Waals surface area contributed by atoms with E-state index >= 15 is 0 Å². The lowest BCUT2D eigenvalue weighted by Crippen LogP contribution is -2.02. The SMILES string of the molecule is Cn1cc(CCOc2ccc(CBr)cc2F)cn1. The maximum atomic E-state index is 13.6. The molecule has 0 bridgehead atoms. The highest BCUT2D eigenvalue weighted by atomic mass is 79.9. The summed E-state index contributed by atoms with van der Waals surface area (Å²) in [5, 5.41) is 4.70. The predicted molar refractivity (Wildman–Crippen MR) is 71.4 cm³/mol. The molecule has 0 saturated heterocycles. The summed E-state index contributed by atoms with van der Waals surface area (Å²) in [7, 11) is 1.86. The van der Waals surface area contributed by atoms with Gasteiger partial charge in [-0.1, -0.05) is 22.0 Å². The number of benzene rings is 1. The maximum absolute atomic E-state index is 13.6. The molecule has 3 nitrogen and oxygen atoms in total. The number of ether oxygens (including phenoxy) is 1. The number of halogens is 2. The molecule has 1 aromatic heterocycles. The van der Waals surface area contributed by atoms with E-state index in [0.29, 0.717) is 24.1 Å². The Morgan fingerprint density at radius 1 is 1.39 bits per heavy atom. The standard InChI is InChI=1S/C13H14BrFN2O/c1-17-9-11(8-16-17)4-5-18-13-3-2-10(7-14)6-12(13)15/h2-3,6,8-9H,4-5,7H2,1H3. The summed E-state index contributed by atoms with van der Waals surface area (Å²) in [5.41, 5.74) is 1.97. The Kier molecular flexibility index (Phi) is 4.36. The van der Waals surface area contributed by atoms with Crippen molar-refractivity contribution >= 4 is 15.9 Å². The summed E-state index contributed by atoms with van der Waals surface area (Å²) in [4.78, 5) is 0. The fourth-order valence-corrected chi connectivity index (χ4v) is 1.97. The smallest absolute Gasteiger partial charge is 0.165 e. The van der Waals surface area contributed by atoms with Crippen molar-refractivity contribution in [1.82, 2.24) is 9.78 Å². The van der Waals surface area contributed by atoms with Crippen LogP contribution in [0.15, 0.2) is 30.6 Å². The molecule has 0 aliphatic rings. The van der Waals surface area contributed by atoms with Crippen LogP contribution in [-0.2, 0) is 18.8 Å². The molecule has 0 atom stereocenters. The number of alkyl halides is 1. The van der Waals surface area contributed by atoms with Gasteiger partial charge in [-0.05, 0) is 23.3 Å². The Morgan fingerprint density at radius 3 is 2.83 bits per heavy atom. The molecule has 0 amide bonds. The first-order valence-corrected chi connectivity index (χ1v) is 6.76. The first-order chi connectivity index (χ1) is 8.69. The molecule has 0 fully saturated rings. The van der Waals surface area contributed by atoms with Crippen molar-refractivity contribution in [3.8, 4) is 5.75 Å². The number of rotatable bonds is 5. The summed E-state index contributed by atoms with van der Waals surface area (Å²) in [5.74, 6) is -0.0262. The van der Waals surface area contributed by atoms with Crippen molar-refractivity contribution in [2.45, 2.75) is 11.8 Å². The Bertz CT molecular complexity index is 527. The fraction of sp³-hybridized carbons (Fsp3) is 0.308. The van der Waals surface area contributed by atoms with E-state index in [0.717, 1.165) is 11.1 Å². The second kappa shape index (κ2) is 6.00. The first kappa shape index (κ1) is 13.1.